The van der Waals surface area contributed by atoms with Gasteiger partial charge in [0.2, 0.25) is 5.91 Å². The predicted molar refractivity (Wildman–Crippen MR) is 73.3 cm³/mol. The number of hydrogen-bond donors (Lipinski definition) is 2. The van der Waals surface area contributed by atoms with E-state index in [-0.39, 0.29) is 12.1 Å². The Labute approximate surface area is 113 Å². The number of sulfone groups is 1. The van der Waals surface area contributed by atoms with Gasteiger partial charge in [0, 0.05) is 12.3 Å². The minimum Gasteiger partial charge on any atom is -0.347 e. The van der Waals surface area contributed by atoms with Crippen molar-refractivity contribution in [2.45, 2.75) is 30.7 Å². The van der Waals surface area contributed by atoms with Gasteiger partial charge >= 0.3 is 0 Å². The quantitative estimate of drug-likeness (QED) is 0.826. The van der Waals surface area contributed by atoms with Crippen LogP contribution in [0.15, 0.2) is 24.3 Å². The number of rotatable bonds is 3. The Morgan fingerprint density at radius 1 is 1.42 bits per heavy atom. The van der Waals surface area contributed by atoms with Crippen molar-refractivity contribution in [3.05, 3.63) is 35.4 Å². The van der Waals surface area contributed by atoms with Gasteiger partial charge in [-0.2, -0.15) is 0 Å². The van der Waals surface area contributed by atoms with E-state index in [1.54, 1.807) is 0 Å². The van der Waals surface area contributed by atoms with Gasteiger partial charge in [0.15, 0.2) is 9.84 Å². The van der Waals surface area contributed by atoms with Crippen molar-refractivity contribution in [1.82, 2.24) is 5.32 Å². The number of hydrogen-bond acceptors (Lipinski definition) is 4. The third kappa shape index (κ3) is 2.79. The van der Waals surface area contributed by atoms with Crippen molar-refractivity contribution in [3.63, 3.8) is 0 Å². The summed E-state index contributed by atoms with van der Waals surface area (Å²) in [5.41, 5.74) is 8.10. The molecule has 1 amide bonds. The molecule has 1 aliphatic carbocycles. The summed E-state index contributed by atoms with van der Waals surface area (Å²) in [5.74, 6) is -0.500. The lowest BCUT2D eigenvalue weighted by molar-refractivity contribution is -0.121. The fraction of sp³-hybridized carbons (Fsp3) is 0.462. The molecule has 1 aromatic carbocycles. The molecule has 2 rings (SSSR count). The van der Waals surface area contributed by atoms with Gasteiger partial charge in [-0.3, -0.25) is 4.79 Å². The van der Waals surface area contributed by atoms with Crippen LogP contribution in [0.3, 0.4) is 0 Å². The number of fused-ring (bicyclic) bond motifs is 1. The summed E-state index contributed by atoms with van der Waals surface area (Å²) < 4.78 is 22.8. The van der Waals surface area contributed by atoms with Crippen LogP contribution in [0.25, 0.3) is 0 Å². The smallest absolute Gasteiger partial charge is 0.238 e. The van der Waals surface area contributed by atoms with E-state index in [1.165, 1.54) is 6.92 Å². The van der Waals surface area contributed by atoms with E-state index in [0.717, 1.165) is 17.4 Å². The SMILES string of the molecule is CC(C(=O)NC1c2ccccc2CC1N)S(C)(=O)=O. The average Bonchev–Trinajstić information content (AvgIpc) is 2.64. The monoisotopic (exact) mass is 282 g/mol. The molecule has 0 heterocycles. The minimum atomic E-state index is -3.39. The van der Waals surface area contributed by atoms with E-state index < -0.39 is 21.0 Å². The highest BCUT2D eigenvalue weighted by Gasteiger charge is 2.33. The highest BCUT2D eigenvalue weighted by atomic mass is 32.2. The van der Waals surface area contributed by atoms with E-state index in [9.17, 15) is 13.2 Å². The summed E-state index contributed by atoms with van der Waals surface area (Å²) in [6.07, 6.45) is 1.74. The largest absolute Gasteiger partial charge is 0.347 e. The average molecular weight is 282 g/mol. The first kappa shape index (κ1) is 14.0. The van der Waals surface area contributed by atoms with Crippen LogP contribution < -0.4 is 11.1 Å². The van der Waals surface area contributed by atoms with Crippen LogP contribution in [-0.4, -0.2) is 31.9 Å². The second kappa shape index (κ2) is 4.94. The van der Waals surface area contributed by atoms with E-state index in [2.05, 4.69) is 5.32 Å². The summed E-state index contributed by atoms with van der Waals surface area (Å²) in [6.45, 7) is 1.39. The van der Waals surface area contributed by atoms with E-state index >= 15 is 0 Å². The molecule has 6 heteroatoms. The first-order valence-corrected chi connectivity index (χ1v) is 8.09. The summed E-state index contributed by atoms with van der Waals surface area (Å²) in [4.78, 5) is 12.0. The molecule has 3 N–H and O–H groups in total. The number of benzene rings is 1. The van der Waals surface area contributed by atoms with Gasteiger partial charge < -0.3 is 11.1 Å². The molecular formula is C13H18N2O3S. The van der Waals surface area contributed by atoms with Crippen molar-refractivity contribution < 1.29 is 13.2 Å². The second-order valence-corrected chi connectivity index (χ2v) is 7.39. The van der Waals surface area contributed by atoms with Crippen molar-refractivity contribution in [1.29, 1.82) is 0 Å². The molecule has 1 aliphatic rings. The lowest BCUT2D eigenvalue weighted by atomic mass is 10.1. The molecule has 5 nitrogen and oxygen atoms in total. The Balaban J connectivity index is 2.18. The highest BCUT2D eigenvalue weighted by molar-refractivity contribution is 7.92. The van der Waals surface area contributed by atoms with Crippen LogP contribution in [-0.2, 0) is 21.1 Å². The molecule has 0 radical (unpaired) electrons. The summed E-state index contributed by atoms with van der Waals surface area (Å²) in [6, 6.07) is 7.17. The zero-order valence-corrected chi connectivity index (χ0v) is 11.8. The third-order valence-electron chi connectivity index (χ3n) is 3.58. The zero-order valence-electron chi connectivity index (χ0n) is 11.0. The molecule has 19 heavy (non-hydrogen) atoms. The van der Waals surface area contributed by atoms with Gasteiger partial charge in [0.05, 0.1) is 6.04 Å². The normalized spacial score (nSPS) is 23.7. The van der Waals surface area contributed by atoms with E-state index in [4.69, 9.17) is 5.73 Å². The standard InChI is InChI=1S/C13H18N2O3S/c1-8(19(2,17)18)13(16)15-12-10-6-4-3-5-9(10)7-11(12)14/h3-6,8,11-12H,7,14H2,1-2H3,(H,15,16). The first-order valence-electron chi connectivity index (χ1n) is 6.13. The maximum absolute atomic E-state index is 12.0. The van der Waals surface area contributed by atoms with Crippen molar-refractivity contribution in [3.8, 4) is 0 Å². The molecule has 104 valence electrons. The summed E-state index contributed by atoms with van der Waals surface area (Å²) in [7, 11) is -3.39. The van der Waals surface area contributed by atoms with Crippen molar-refractivity contribution >= 4 is 15.7 Å². The fourth-order valence-corrected chi connectivity index (χ4v) is 2.73. The van der Waals surface area contributed by atoms with Crippen LogP contribution in [0.2, 0.25) is 0 Å². The summed E-state index contributed by atoms with van der Waals surface area (Å²) >= 11 is 0. The predicted octanol–water partition coefficient (Wildman–Crippen LogP) is 0.160. The summed E-state index contributed by atoms with van der Waals surface area (Å²) in [5, 5.41) is 1.69. The number of nitrogens with one attached hydrogen (secondary N) is 1. The molecule has 3 unspecified atom stereocenters. The lowest BCUT2D eigenvalue weighted by Gasteiger charge is -2.20. The Morgan fingerprint density at radius 2 is 2.05 bits per heavy atom. The molecular weight excluding hydrogens is 264 g/mol. The number of nitrogens with two attached hydrogens (primary N) is 1. The molecule has 0 saturated heterocycles. The molecule has 0 bridgehead atoms. The number of carbonyl (C=O) groups is 1. The Hall–Kier alpha value is -1.40. The molecule has 1 aromatic rings. The fourth-order valence-electron chi connectivity index (χ4n) is 2.28. The highest BCUT2D eigenvalue weighted by Crippen LogP contribution is 2.30. The van der Waals surface area contributed by atoms with Crippen LogP contribution in [0.4, 0.5) is 0 Å². The van der Waals surface area contributed by atoms with Gasteiger partial charge in [-0.05, 0) is 24.5 Å². The molecule has 0 aliphatic heterocycles. The zero-order chi connectivity index (χ0) is 14.2. The number of amides is 1. The maximum Gasteiger partial charge on any atom is 0.238 e. The van der Waals surface area contributed by atoms with Gasteiger partial charge in [-0.1, -0.05) is 24.3 Å². The third-order valence-corrected chi connectivity index (χ3v) is 5.08. The second-order valence-electron chi connectivity index (χ2n) is 5.02. The minimum absolute atomic E-state index is 0.215. The van der Waals surface area contributed by atoms with Gasteiger partial charge in [-0.25, -0.2) is 8.42 Å². The first-order chi connectivity index (χ1) is 8.80. The maximum atomic E-state index is 12.0. The Kier molecular flexibility index (Phi) is 3.64. The van der Waals surface area contributed by atoms with Gasteiger partial charge in [0.1, 0.15) is 5.25 Å². The van der Waals surface area contributed by atoms with E-state index in [0.29, 0.717) is 6.42 Å². The molecule has 0 aromatic heterocycles. The van der Waals surface area contributed by atoms with Crippen LogP contribution in [0.5, 0.6) is 0 Å². The molecule has 3 atom stereocenters. The number of carbonyl (C=O) groups excluding carboxylic acids is 1. The van der Waals surface area contributed by atoms with Crippen LogP contribution >= 0.6 is 0 Å². The lowest BCUT2D eigenvalue weighted by Crippen LogP contribution is -2.44. The van der Waals surface area contributed by atoms with Gasteiger partial charge in [-0.15, -0.1) is 0 Å². The Morgan fingerprint density at radius 3 is 2.68 bits per heavy atom. The molecule has 0 fully saturated rings. The van der Waals surface area contributed by atoms with Crippen molar-refractivity contribution in [2.24, 2.45) is 5.73 Å². The van der Waals surface area contributed by atoms with E-state index in [1.807, 2.05) is 24.3 Å². The van der Waals surface area contributed by atoms with Crippen molar-refractivity contribution in [2.75, 3.05) is 6.26 Å². The molecule has 0 saturated carbocycles. The topological polar surface area (TPSA) is 89.3 Å². The Bertz CT molecular complexity index is 598. The van der Waals surface area contributed by atoms with Crippen LogP contribution in [0.1, 0.15) is 24.1 Å². The van der Waals surface area contributed by atoms with Crippen LogP contribution in [0, 0.1) is 0 Å². The van der Waals surface area contributed by atoms with Gasteiger partial charge in [0.25, 0.3) is 0 Å². The molecule has 0 spiro atoms.